The maximum Gasteiger partial charge on any atom is 0.229 e. The normalized spacial score (nSPS) is 13.1. The van der Waals surface area contributed by atoms with Crippen LogP contribution < -0.4 is 25.6 Å². The molecule has 0 unspecified atom stereocenters. The largest absolute Gasteiger partial charge is 0.494 e. The van der Waals surface area contributed by atoms with E-state index in [0.717, 1.165) is 41.2 Å². The predicted octanol–water partition coefficient (Wildman–Crippen LogP) is 5.86. The van der Waals surface area contributed by atoms with Gasteiger partial charge in [-0.05, 0) is 62.2 Å². The number of aromatic nitrogens is 5. The lowest BCUT2D eigenvalue weighted by Crippen LogP contribution is -2.32. The molecule has 5 rings (SSSR count). The van der Waals surface area contributed by atoms with E-state index in [-0.39, 0.29) is 0 Å². The SMILES string of the molecule is COc1cc2c(cc1Nc1ncc(Br)c(Nc3ccnc(C)c3P(C)(C)=O)n1)-c1cnn(C)c1CCN2C(C)C. The van der Waals surface area contributed by atoms with Crippen LogP contribution in [0.15, 0.2) is 41.3 Å². The highest BCUT2D eigenvalue weighted by molar-refractivity contribution is 9.10. The van der Waals surface area contributed by atoms with Gasteiger partial charge in [-0.1, -0.05) is 0 Å². The van der Waals surface area contributed by atoms with Gasteiger partial charge in [0.2, 0.25) is 5.95 Å². The summed E-state index contributed by atoms with van der Waals surface area (Å²) in [5.74, 6) is 1.60. The lowest BCUT2D eigenvalue weighted by Gasteiger charge is -2.30. The van der Waals surface area contributed by atoms with Crippen molar-refractivity contribution in [2.75, 3.05) is 42.5 Å². The van der Waals surface area contributed by atoms with Crippen molar-refractivity contribution in [2.24, 2.45) is 7.05 Å². The van der Waals surface area contributed by atoms with Crippen molar-refractivity contribution < 1.29 is 9.30 Å². The molecule has 1 aromatic carbocycles. The molecule has 12 heteroatoms. The first-order chi connectivity index (χ1) is 19.0. The number of ether oxygens (including phenoxy) is 1. The minimum absolute atomic E-state index is 0.316. The van der Waals surface area contributed by atoms with Crippen molar-refractivity contribution in [3.63, 3.8) is 0 Å². The Kier molecular flexibility index (Phi) is 7.63. The zero-order valence-corrected chi connectivity index (χ0v) is 26.3. The minimum Gasteiger partial charge on any atom is -0.494 e. The molecule has 0 saturated carbocycles. The number of methoxy groups -OCH3 is 1. The topological polar surface area (TPSA) is 110 Å². The van der Waals surface area contributed by atoms with E-state index in [4.69, 9.17) is 9.72 Å². The van der Waals surface area contributed by atoms with Gasteiger partial charge in [-0.15, -0.1) is 0 Å². The van der Waals surface area contributed by atoms with Gasteiger partial charge in [0.05, 0.1) is 40.2 Å². The van der Waals surface area contributed by atoms with Gasteiger partial charge in [0.15, 0.2) is 0 Å². The van der Waals surface area contributed by atoms with Gasteiger partial charge in [-0.3, -0.25) is 9.67 Å². The smallest absolute Gasteiger partial charge is 0.229 e. The predicted molar refractivity (Wildman–Crippen MR) is 166 cm³/mol. The fourth-order valence-corrected chi connectivity index (χ4v) is 7.10. The molecule has 4 aromatic rings. The number of nitrogens with zero attached hydrogens (tertiary/aromatic N) is 6. The maximum atomic E-state index is 13.0. The molecule has 0 spiro atoms. The van der Waals surface area contributed by atoms with Crippen LogP contribution in [0.3, 0.4) is 0 Å². The van der Waals surface area contributed by atoms with Crippen molar-refractivity contribution in [2.45, 2.75) is 33.2 Å². The molecular weight excluding hydrogens is 591 g/mol. The second kappa shape index (κ2) is 10.9. The molecule has 0 bridgehead atoms. The standard InChI is InChI=1S/C28H34BrN8O2P/c1-16(2)37-11-9-23-19(14-32-36(23)4)18-12-22(25(39-5)13-24(18)37)34-28-31-15-20(29)27(35-28)33-21-8-10-30-17(3)26(21)40(6,7)38/h8,10,12-16H,9,11H2,1-7H3,(H2,30,31,33,34,35). The molecule has 1 aliphatic heterocycles. The Morgan fingerprint density at radius 1 is 1.10 bits per heavy atom. The Morgan fingerprint density at radius 2 is 1.88 bits per heavy atom. The number of fused-ring (bicyclic) bond motifs is 3. The molecule has 4 heterocycles. The quantitative estimate of drug-likeness (QED) is 0.244. The number of benzene rings is 1. The number of hydrogen-bond acceptors (Lipinski definition) is 9. The van der Waals surface area contributed by atoms with Gasteiger partial charge < -0.3 is 24.8 Å². The summed E-state index contributed by atoms with van der Waals surface area (Å²) in [6.45, 7) is 10.6. The number of anilines is 5. The molecule has 0 saturated heterocycles. The van der Waals surface area contributed by atoms with Gasteiger partial charge in [-0.2, -0.15) is 10.1 Å². The third-order valence-electron chi connectivity index (χ3n) is 7.08. The van der Waals surface area contributed by atoms with Crippen molar-refractivity contribution in [1.82, 2.24) is 24.7 Å². The zero-order chi connectivity index (χ0) is 28.8. The van der Waals surface area contributed by atoms with Crippen LogP contribution in [-0.4, -0.2) is 57.8 Å². The Morgan fingerprint density at radius 3 is 2.58 bits per heavy atom. The summed E-state index contributed by atoms with van der Waals surface area (Å²) in [4.78, 5) is 16.0. The molecule has 40 heavy (non-hydrogen) atoms. The van der Waals surface area contributed by atoms with Crippen LogP contribution in [0.4, 0.5) is 28.8 Å². The van der Waals surface area contributed by atoms with Crippen LogP contribution in [-0.2, 0) is 18.0 Å². The van der Waals surface area contributed by atoms with Gasteiger partial charge in [0.25, 0.3) is 0 Å². The molecule has 3 aromatic heterocycles. The number of aryl methyl sites for hydroxylation is 2. The molecule has 0 aliphatic carbocycles. The van der Waals surface area contributed by atoms with Gasteiger partial charge in [0, 0.05) is 67.0 Å². The van der Waals surface area contributed by atoms with Gasteiger partial charge >= 0.3 is 0 Å². The average Bonchev–Trinajstić information content (AvgIpc) is 3.16. The fraction of sp³-hybridized carbons (Fsp3) is 0.357. The minimum atomic E-state index is -2.60. The summed E-state index contributed by atoms with van der Waals surface area (Å²) >= 11 is 3.55. The summed E-state index contributed by atoms with van der Waals surface area (Å²) in [6, 6.07) is 6.29. The Hall–Kier alpha value is -3.43. The molecular formula is C28H34BrN8O2P. The first kappa shape index (κ1) is 28.1. The van der Waals surface area contributed by atoms with Gasteiger partial charge in [-0.25, -0.2) is 4.98 Å². The third kappa shape index (κ3) is 5.32. The van der Waals surface area contributed by atoms with Crippen LogP contribution in [0.2, 0.25) is 0 Å². The Balaban J connectivity index is 1.56. The van der Waals surface area contributed by atoms with Crippen molar-refractivity contribution in [3.05, 3.63) is 52.7 Å². The number of halogens is 1. The number of hydrogen-bond donors (Lipinski definition) is 2. The van der Waals surface area contributed by atoms with Crippen LogP contribution in [0.25, 0.3) is 11.1 Å². The molecule has 0 radical (unpaired) electrons. The average molecular weight is 626 g/mol. The van der Waals surface area contributed by atoms with Crippen LogP contribution in [0.5, 0.6) is 5.75 Å². The Labute approximate surface area is 243 Å². The summed E-state index contributed by atoms with van der Waals surface area (Å²) in [6.07, 6.45) is 6.20. The van der Waals surface area contributed by atoms with E-state index in [2.05, 4.69) is 72.5 Å². The molecule has 1 aliphatic rings. The molecule has 0 fully saturated rings. The summed E-state index contributed by atoms with van der Waals surface area (Å²) < 4.78 is 21.5. The zero-order valence-electron chi connectivity index (χ0n) is 23.8. The van der Waals surface area contributed by atoms with E-state index >= 15 is 0 Å². The van der Waals surface area contributed by atoms with Crippen LogP contribution in [0, 0.1) is 6.92 Å². The first-order valence-corrected chi connectivity index (χ1v) is 16.4. The monoisotopic (exact) mass is 624 g/mol. The van der Waals surface area contributed by atoms with E-state index in [1.54, 1.807) is 32.8 Å². The maximum absolute atomic E-state index is 13.0. The van der Waals surface area contributed by atoms with Crippen LogP contribution in [0.1, 0.15) is 25.2 Å². The number of nitrogens with one attached hydrogen (secondary N) is 2. The second-order valence-corrected chi connectivity index (χ2v) is 14.5. The summed E-state index contributed by atoms with van der Waals surface area (Å²) in [7, 11) is 1.05. The first-order valence-electron chi connectivity index (χ1n) is 13.1. The van der Waals surface area contributed by atoms with Crippen molar-refractivity contribution >= 4 is 57.2 Å². The van der Waals surface area contributed by atoms with E-state index in [9.17, 15) is 4.57 Å². The Bertz CT molecular complexity index is 1630. The second-order valence-electron chi connectivity index (χ2n) is 10.5. The molecule has 2 N–H and O–H groups in total. The van der Waals surface area contributed by atoms with E-state index in [1.165, 1.54) is 5.69 Å². The third-order valence-corrected chi connectivity index (χ3v) is 9.30. The van der Waals surface area contributed by atoms with E-state index in [1.807, 2.05) is 30.9 Å². The number of rotatable bonds is 7. The molecule has 210 valence electrons. The highest BCUT2D eigenvalue weighted by atomic mass is 79.9. The highest BCUT2D eigenvalue weighted by Gasteiger charge is 2.26. The van der Waals surface area contributed by atoms with Crippen molar-refractivity contribution in [3.8, 4) is 16.9 Å². The molecule has 0 amide bonds. The summed E-state index contributed by atoms with van der Waals surface area (Å²) in [5, 5.41) is 11.9. The highest BCUT2D eigenvalue weighted by Crippen LogP contribution is 2.44. The summed E-state index contributed by atoms with van der Waals surface area (Å²) in [5.41, 5.74) is 6.64. The fourth-order valence-electron chi connectivity index (χ4n) is 5.26. The van der Waals surface area contributed by atoms with Crippen LogP contribution >= 0.6 is 23.1 Å². The number of pyridine rings is 1. The molecule has 0 atom stereocenters. The lowest BCUT2D eigenvalue weighted by atomic mass is 10.0. The van der Waals surface area contributed by atoms with E-state index < -0.39 is 7.14 Å². The van der Waals surface area contributed by atoms with Crippen molar-refractivity contribution in [1.29, 1.82) is 0 Å². The molecule has 10 nitrogen and oxygen atoms in total. The van der Waals surface area contributed by atoms with Gasteiger partial charge in [0.1, 0.15) is 18.7 Å². The van der Waals surface area contributed by atoms with E-state index in [0.29, 0.717) is 39.0 Å². The lowest BCUT2D eigenvalue weighted by molar-refractivity contribution is 0.416.